The first-order valence-electron chi connectivity index (χ1n) is 9.29. The van der Waals surface area contributed by atoms with Crippen LogP contribution in [0.15, 0.2) is 36.0 Å². The molecule has 0 bridgehead atoms. The molecule has 27 heavy (non-hydrogen) atoms. The fraction of sp³-hybridized carbons (Fsp3) is 0.500. The lowest BCUT2D eigenvalue weighted by molar-refractivity contribution is -0.117. The molecule has 1 aliphatic heterocycles. The van der Waals surface area contributed by atoms with Crippen LogP contribution in [0, 0.1) is 11.3 Å². The van der Waals surface area contributed by atoms with E-state index in [1.54, 1.807) is 13.3 Å². The Balaban J connectivity index is 1.86. The minimum absolute atomic E-state index is 0.136. The molecule has 1 fully saturated rings. The highest BCUT2D eigenvalue weighted by Crippen LogP contribution is 2.28. The number of anilines is 1. The summed E-state index contributed by atoms with van der Waals surface area (Å²) in [6.07, 6.45) is 2.40. The topological polar surface area (TPSA) is 77.8 Å². The van der Waals surface area contributed by atoms with Crippen molar-refractivity contribution in [1.82, 2.24) is 10.2 Å². The standard InChI is InChI=1S/C20H28N4O3/c1-3-27-14-6-9-22-20(25)17(15-21)16-23-10-12-24(13-11-23)18-7-4-5-8-19(18)26-2/h4-5,7-8,16H,3,6,9-14H2,1-2H3,(H,22,25)/b17-16-. The Kier molecular flexibility index (Phi) is 8.46. The van der Waals surface area contributed by atoms with Gasteiger partial charge in [-0.25, -0.2) is 0 Å². The molecule has 7 heteroatoms. The van der Waals surface area contributed by atoms with Crippen molar-refractivity contribution in [3.05, 3.63) is 36.0 Å². The van der Waals surface area contributed by atoms with Crippen molar-refractivity contribution >= 4 is 11.6 Å². The predicted octanol–water partition coefficient (Wildman–Crippen LogP) is 1.77. The van der Waals surface area contributed by atoms with E-state index in [0.717, 1.165) is 44.0 Å². The van der Waals surface area contributed by atoms with Gasteiger partial charge in [0, 0.05) is 52.1 Å². The lowest BCUT2D eigenvalue weighted by Gasteiger charge is -2.36. The van der Waals surface area contributed by atoms with Crippen LogP contribution in [-0.2, 0) is 9.53 Å². The molecule has 1 N–H and O–H groups in total. The Hall–Kier alpha value is -2.72. The van der Waals surface area contributed by atoms with E-state index in [-0.39, 0.29) is 11.5 Å². The molecule has 0 unspecified atom stereocenters. The number of hydrogen-bond acceptors (Lipinski definition) is 6. The normalized spacial score (nSPS) is 14.6. The molecule has 1 aromatic rings. The van der Waals surface area contributed by atoms with E-state index in [9.17, 15) is 10.1 Å². The number of para-hydroxylation sites is 2. The number of hydrogen-bond donors (Lipinski definition) is 1. The van der Waals surface area contributed by atoms with Gasteiger partial charge >= 0.3 is 0 Å². The van der Waals surface area contributed by atoms with Crippen LogP contribution in [0.2, 0.25) is 0 Å². The molecule has 0 atom stereocenters. The largest absolute Gasteiger partial charge is 0.495 e. The van der Waals surface area contributed by atoms with Gasteiger partial charge in [0.25, 0.3) is 5.91 Å². The van der Waals surface area contributed by atoms with Gasteiger partial charge in [0.05, 0.1) is 12.8 Å². The number of nitrogens with one attached hydrogen (secondary N) is 1. The van der Waals surface area contributed by atoms with Crippen LogP contribution in [-0.4, -0.2) is 63.9 Å². The van der Waals surface area contributed by atoms with Gasteiger partial charge in [-0.2, -0.15) is 5.26 Å². The second kappa shape index (κ2) is 11.1. The number of amides is 1. The van der Waals surface area contributed by atoms with Crippen molar-refractivity contribution < 1.29 is 14.3 Å². The number of nitrogens with zero attached hydrogens (tertiary/aromatic N) is 3. The van der Waals surface area contributed by atoms with Crippen LogP contribution < -0.4 is 15.0 Å². The number of methoxy groups -OCH3 is 1. The summed E-state index contributed by atoms with van der Waals surface area (Å²) in [5, 5.41) is 12.1. The molecule has 1 aromatic carbocycles. The average Bonchev–Trinajstić information content (AvgIpc) is 2.72. The zero-order valence-corrected chi connectivity index (χ0v) is 16.1. The monoisotopic (exact) mass is 372 g/mol. The molecule has 1 heterocycles. The Morgan fingerprint density at radius 2 is 2.04 bits per heavy atom. The molecule has 7 nitrogen and oxygen atoms in total. The maximum atomic E-state index is 12.2. The third kappa shape index (κ3) is 6.19. The SMILES string of the molecule is CCOCCCNC(=O)/C(C#N)=C\N1CCN(c2ccccc2OC)CC1. The zero-order valence-electron chi connectivity index (χ0n) is 16.1. The molecule has 146 valence electrons. The third-order valence-corrected chi connectivity index (χ3v) is 4.37. The number of nitriles is 1. The molecule has 1 amide bonds. The minimum Gasteiger partial charge on any atom is -0.495 e. The van der Waals surface area contributed by atoms with Crippen molar-refractivity contribution in [2.75, 3.05) is 57.9 Å². The van der Waals surface area contributed by atoms with E-state index in [1.165, 1.54) is 0 Å². The van der Waals surface area contributed by atoms with Crippen molar-refractivity contribution in [1.29, 1.82) is 5.26 Å². The van der Waals surface area contributed by atoms with Crippen LogP contribution in [0.3, 0.4) is 0 Å². The van der Waals surface area contributed by atoms with E-state index >= 15 is 0 Å². The summed E-state index contributed by atoms with van der Waals surface area (Å²) < 4.78 is 10.7. The lowest BCUT2D eigenvalue weighted by Crippen LogP contribution is -2.44. The number of benzene rings is 1. The smallest absolute Gasteiger partial charge is 0.263 e. The Morgan fingerprint density at radius 3 is 2.70 bits per heavy atom. The highest BCUT2D eigenvalue weighted by molar-refractivity contribution is 5.97. The van der Waals surface area contributed by atoms with E-state index in [1.807, 2.05) is 42.2 Å². The van der Waals surface area contributed by atoms with E-state index in [0.29, 0.717) is 19.8 Å². The number of piperazine rings is 1. The maximum Gasteiger partial charge on any atom is 0.263 e. The van der Waals surface area contributed by atoms with Crippen LogP contribution in [0.25, 0.3) is 0 Å². The third-order valence-electron chi connectivity index (χ3n) is 4.37. The zero-order chi connectivity index (χ0) is 19.5. The molecule has 2 rings (SSSR count). The van der Waals surface area contributed by atoms with E-state index in [4.69, 9.17) is 9.47 Å². The Morgan fingerprint density at radius 1 is 1.30 bits per heavy atom. The molecule has 0 aliphatic carbocycles. The molecular weight excluding hydrogens is 344 g/mol. The first-order valence-corrected chi connectivity index (χ1v) is 9.29. The number of ether oxygens (including phenoxy) is 2. The molecule has 0 spiro atoms. The summed E-state index contributed by atoms with van der Waals surface area (Å²) >= 11 is 0. The minimum atomic E-state index is -0.332. The number of carbonyl (C=O) groups excluding carboxylic acids is 1. The van der Waals surface area contributed by atoms with Gasteiger partial charge in [0.1, 0.15) is 17.4 Å². The number of rotatable bonds is 9. The van der Waals surface area contributed by atoms with E-state index in [2.05, 4.69) is 10.2 Å². The maximum absolute atomic E-state index is 12.2. The van der Waals surface area contributed by atoms with Gasteiger partial charge in [0.15, 0.2) is 0 Å². The number of carbonyl (C=O) groups is 1. The summed E-state index contributed by atoms with van der Waals surface area (Å²) in [6.45, 7) is 6.77. The fourth-order valence-corrected chi connectivity index (χ4v) is 2.92. The quantitative estimate of drug-likeness (QED) is 0.404. The highest BCUT2D eigenvalue weighted by atomic mass is 16.5. The molecular formula is C20H28N4O3. The van der Waals surface area contributed by atoms with Crippen molar-refractivity contribution in [3.8, 4) is 11.8 Å². The summed E-state index contributed by atoms with van der Waals surface area (Å²) in [4.78, 5) is 16.4. The highest BCUT2D eigenvalue weighted by Gasteiger charge is 2.19. The van der Waals surface area contributed by atoms with Gasteiger partial charge in [-0.1, -0.05) is 12.1 Å². The van der Waals surface area contributed by atoms with Gasteiger partial charge in [-0.15, -0.1) is 0 Å². The summed E-state index contributed by atoms with van der Waals surface area (Å²) in [7, 11) is 1.67. The first kappa shape index (κ1) is 20.6. The van der Waals surface area contributed by atoms with Crippen LogP contribution in [0.4, 0.5) is 5.69 Å². The van der Waals surface area contributed by atoms with Crippen LogP contribution >= 0.6 is 0 Å². The fourth-order valence-electron chi connectivity index (χ4n) is 2.92. The van der Waals surface area contributed by atoms with Gasteiger partial charge in [-0.3, -0.25) is 4.79 Å². The molecule has 0 radical (unpaired) electrons. The molecule has 0 saturated carbocycles. The predicted molar refractivity (Wildman–Crippen MR) is 105 cm³/mol. The van der Waals surface area contributed by atoms with Gasteiger partial charge < -0.3 is 24.6 Å². The van der Waals surface area contributed by atoms with Crippen LogP contribution in [0.1, 0.15) is 13.3 Å². The summed E-state index contributed by atoms with van der Waals surface area (Å²) in [5.41, 5.74) is 1.20. The molecule has 0 aromatic heterocycles. The molecule has 1 aliphatic rings. The lowest BCUT2D eigenvalue weighted by atomic mass is 10.2. The van der Waals surface area contributed by atoms with Gasteiger partial charge in [-0.05, 0) is 25.5 Å². The van der Waals surface area contributed by atoms with Crippen molar-refractivity contribution in [3.63, 3.8) is 0 Å². The molecule has 1 saturated heterocycles. The first-order chi connectivity index (χ1) is 13.2. The van der Waals surface area contributed by atoms with Gasteiger partial charge in [0.2, 0.25) is 0 Å². The summed E-state index contributed by atoms with van der Waals surface area (Å²) in [5.74, 6) is 0.520. The summed E-state index contributed by atoms with van der Waals surface area (Å²) in [6, 6.07) is 9.94. The van der Waals surface area contributed by atoms with Crippen LogP contribution in [0.5, 0.6) is 5.75 Å². The Bertz CT molecular complexity index is 676. The van der Waals surface area contributed by atoms with Crippen molar-refractivity contribution in [2.45, 2.75) is 13.3 Å². The average molecular weight is 372 g/mol. The second-order valence-electron chi connectivity index (χ2n) is 6.16. The van der Waals surface area contributed by atoms with Crippen molar-refractivity contribution in [2.24, 2.45) is 0 Å². The Labute approximate surface area is 161 Å². The van der Waals surface area contributed by atoms with E-state index < -0.39 is 0 Å². The second-order valence-corrected chi connectivity index (χ2v) is 6.16.